The SMILES string of the molecule is Cc1cccc([C@H](C(=O)N2CCCC2)N(C)C)c1. The van der Waals surface area contributed by atoms with Gasteiger partial charge in [-0.2, -0.15) is 0 Å². The van der Waals surface area contributed by atoms with Crippen molar-refractivity contribution in [1.82, 2.24) is 9.80 Å². The van der Waals surface area contributed by atoms with Gasteiger partial charge in [-0.05, 0) is 39.4 Å². The van der Waals surface area contributed by atoms with Gasteiger partial charge >= 0.3 is 0 Å². The van der Waals surface area contributed by atoms with Crippen LogP contribution in [0.2, 0.25) is 0 Å². The Labute approximate surface area is 109 Å². The van der Waals surface area contributed by atoms with Crippen molar-refractivity contribution in [2.45, 2.75) is 25.8 Å². The van der Waals surface area contributed by atoms with E-state index in [4.69, 9.17) is 0 Å². The van der Waals surface area contributed by atoms with Crippen LogP contribution in [0, 0.1) is 6.92 Å². The third kappa shape index (κ3) is 2.72. The molecule has 0 bridgehead atoms. The number of carbonyl (C=O) groups is 1. The molecule has 1 fully saturated rings. The zero-order chi connectivity index (χ0) is 13.1. The first-order valence-corrected chi connectivity index (χ1v) is 6.61. The molecule has 1 atom stereocenters. The van der Waals surface area contributed by atoms with Crippen molar-refractivity contribution >= 4 is 5.91 Å². The molecule has 0 saturated carbocycles. The summed E-state index contributed by atoms with van der Waals surface area (Å²) in [6.07, 6.45) is 2.28. The third-order valence-electron chi connectivity index (χ3n) is 3.53. The molecule has 1 saturated heterocycles. The predicted octanol–water partition coefficient (Wildman–Crippen LogP) is 2.22. The van der Waals surface area contributed by atoms with E-state index < -0.39 is 0 Å². The minimum atomic E-state index is -0.150. The number of carbonyl (C=O) groups excluding carboxylic acids is 1. The molecule has 2 rings (SSSR count). The van der Waals surface area contributed by atoms with Crippen LogP contribution in [0.4, 0.5) is 0 Å². The molecule has 3 nitrogen and oxygen atoms in total. The Morgan fingerprint density at radius 2 is 1.94 bits per heavy atom. The summed E-state index contributed by atoms with van der Waals surface area (Å²) >= 11 is 0. The molecule has 3 heteroatoms. The maximum Gasteiger partial charge on any atom is 0.244 e. The Hall–Kier alpha value is -1.35. The predicted molar refractivity (Wildman–Crippen MR) is 73.4 cm³/mol. The van der Waals surface area contributed by atoms with Crippen LogP contribution in [0.3, 0.4) is 0 Å². The van der Waals surface area contributed by atoms with Crippen LogP contribution >= 0.6 is 0 Å². The molecule has 1 aliphatic rings. The van der Waals surface area contributed by atoms with Crippen LogP contribution in [-0.4, -0.2) is 42.9 Å². The van der Waals surface area contributed by atoms with Crippen molar-refractivity contribution in [3.63, 3.8) is 0 Å². The minimum Gasteiger partial charge on any atom is -0.341 e. The highest BCUT2D eigenvalue weighted by Crippen LogP contribution is 2.23. The van der Waals surface area contributed by atoms with Gasteiger partial charge in [0.15, 0.2) is 0 Å². The Balaban J connectivity index is 2.25. The summed E-state index contributed by atoms with van der Waals surface area (Å²) in [6.45, 7) is 3.89. The van der Waals surface area contributed by atoms with Crippen molar-refractivity contribution in [3.8, 4) is 0 Å². The zero-order valence-corrected chi connectivity index (χ0v) is 11.5. The van der Waals surface area contributed by atoms with Crippen LogP contribution in [0.25, 0.3) is 0 Å². The van der Waals surface area contributed by atoms with Crippen LogP contribution in [0.1, 0.15) is 30.0 Å². The summed E-state index contributed by atoms with van der Waals surface area (Å²) in [4.78, 5) is 16.6. The summed E-state index contributed by atoms with van der Waals surface area (Å²) < 4.78 is 0. The monoisotopic (exact) mass is 246 g/mol. The zero-order valence-electron chi connectivity index (χ0n) is 11.5. The summed E-state index contributed by atoms with van der Waals surface area (Å²) in [6, 6.07) is 8.10. The van der Waals surface area contributed by atoms with Crippen LogP contribution in [-0.2, 0) is 4.79 Å². The molecule has 18 heavy (non-hydrogen) atoms. The van der Waals surface area contributed by atoms with Crippen molar-refractivity contribution < 1.29 is 4.79 Å². The second-order valence-electron chi connectivity index (χ2n) is 5.31. The van der Waals surface area contributed by atoms with E-state index in [0.29, 0.717) is 0 Å². The number of hydrogen-bond donors (Lipinski definition) is 0. The topological polar surface area (TPSA) is 23.6 Å². The number of likely N-dealkylation sites (tertiary alicyclic amines) is 1. The smallest absolute Gasteiger partial charge is 0.244 e. The Morgan fingerprint density at radius 1 is 1.28 bits per heavy atom. The largest absolute Gasteiger partial charge is 0.341 e. The molecule has 0 aliphatic carbocycles. The van der Waals surface area contributed by atoms with Gasteiger partial charge in [-0.25, -0.2) is 0 Å². The van der Waals surface area contributed by atoms with Crippen molar-refractivity contribution in [1.29, 1.82) is 0 Å². The molecular weight excluding hydrogens is 224 g/mol. The Kier molecular flexibility index (Phi) is 4.02. The highest BCUT2D eigenvalue weighted by atomic mass is 16.2. The van der Waals surface area contributed by atoms with E-state index in [-0.39, 0.29) is 11.9 Å². The van der Waals surface area contributed by atoms with Gasteiger partial charge in [0.25, 0.3) is 0 Å². The van der Waals surface area contributed by atoms with E-state index in [1.165, 1.54) is 5.56 Å². The average molecular weight is 246 g/mol. The highest BCUT2D eigenvalue weighted by Gasteiger charge is 2.29. The number of benzene rings is 1. The molecule has 0 radical (unpaired) electrons. The van der Waals surface area contributed by atoms with Crippen LogP contribution < -0.4 is 0 Å². The van der Waals surface area contributed by atoms with Gasteiger partial charge in [0.2, 0.25) is 5.91 Å². The summed E-state index contributed by atoms with van der Waals surface area (Å²) in [7, 11) is 3.95. The van der Waals surface area contributed by atoms with Gasteiger partial charge in [0, 0.05) is 13.1 Å². The number of nitrogens with zero attached hydrogens (tertiary/aromatic N) is 2. The maximum atomic E-state index is 12.6. The third-order valence-corrected chi connectivity index (χ3v) is 3.53. The highest BCUT2D eigenvalue weighted by molar-refractivity contribution is 5.83. The van der Waals surface area contributed by atoms with Gasteiger partial charge in [-0.15, -0.1) is 0 Å². The first kappa shape index (κ1) is 13.1. The van der Waals surface area contributed by atoms with E-state index >= 15 is 0 Å². The van der Waals surface area contributed by atoms with Gasteiger partial charge < -0.3 is 4.90 Å². The summed E-state index contributed by atoms with van der Waals surface area (Å²) in [5, 5.41) is 0. The number of likely N-dealkylation sites (N-methyl/N-ethyl adjacent to an activating group) is 1. The standard InChI is InChI=1S/C15H22N2O/c1-12-7-6-8-13(11-12)14(16(2)3)15(18)17-9-4-5-10-17/h6-8,11,14H,4-5,9-10H2,1-3H3/t14-/m1/s1. The van der Waals surface area contributed by atoms with Crippen molar-refractivity contribution in [2.24, 2.45) is 0 Å². The van der Waals surface area contributed by atoms with E-state index in [2.05, 4.69) is 19.1 Å². The number of hydrogen-bond acceptors (Lipinski definition) is 2. The fourth-order valence-electron chi connectivity index (χ4n) is 2.61. The molecule has 0 N–H and O–H groups in total. The molecule has 0 spiro atoms. The molecule has 1 aromatic rings. The molecular formula is C15H22N2O. The molecule has 1 aromatic carbocycles. The summed E-state index contributed by atoms with van der Waals surface area (Å²) in [5.74, 6) is 0.239. The van der Waals surface area contributed by atoms with Gasteiger partial charge in [-0.3, -0.25) is 9.69 Å². The lowest BCUT2D eigenvalue weighted by atomic mass is 10.0. The molecule has 1 aliphatic heterocycles. The van der Waals surface area contributed by atoms with E-state index in [1.54, 1.807) is 0 Å². The van der Waals surface area contributed by atoms with Gasteiger partial charge in [-0.1, -0.05) is 29.8 Å². The molecule has 0 aromatic heterocycles. The number of amides is 1. The minimum absolute atomic E-state index is 0.150. The lowest BCUT2D eigenvalue weighted by molar-refractivity contribution is -0.135. The van der Waals surface area contributed by atoms with Crippen LogP contribution in [0.15, 0.2) is 24.3 Å². The van der Waals surface area contributed by atoms with E-state index in [1.807, 2.05) is 36.0 Å². The first-order chi connectivity index (χ1) is 8.59. The van der Waals surface area contributed by atoms with E-state index in [9.17, 15) is 4.79 Å². The second-order valence-corrected chi connectivity index (χ2v) is 5.31. The van der Waals surface area contributed by atoms with Gasteiger partial charge in [0.1, 0.15) is 6.04 Å². The number of rotatable bonds is 3. The second kappa shape index (κ2) is 5.53. The maximum absolute atomic E-state index is 12.6. The normalized spacial score (nSPS) is 17.2. The Morgan fingerprint density at radius 3 is 2.50 bits per heavy atom. The van der Waals surface area contributed by atoms with E-state index in [0.717, 1.165) is 31.5 Å². The van der Waals surface area contributed by atoms with Crippen molar-refractivity contribution in [3.05, 3.63) is 35.4 Å². The van der Waals surface area contributed by atoms with Crippen molar-refractivity contribution in [2.75, 3.05) is 27.2 Å². The average Bonchev–Trinajstić information content (AvgIpc) is 2.82. The fourth-order valence-corrected chi connectivity index (χ4v) is 2.61. The van der Waals surface area contributed by atoms with Crippen LogP contribution in [0.5, 0.6) is 0 Å². The first-order valence-electron chi connectivity index (χ1n) is 6.61. The Bertz CT molecular complexity index is 422. The number of aryl methyl sites for hydroxylation is 1. The molecule has 1 heterocycles. The lowest BCUT2D eigenvalue weighted by Crippen LogP contribution is -2.38. The summed E-state index contributed by atoms with van der Waals surface area (Å²) in [5.41, 5.74) is 2.30. The van der Waals surface area contributed by atoms with Gasteiger partial charge in [0.05, 0.1) is 0 Å². The quantitative estimate of drug-likeness (QED) is 0.816. The fraction of sp³-hybridized carbons (Fsp3) is 0.533. The molecule has 1 amide bonds. The molecule has 98 valence electrons. The molecule has 0 unspecified atom stereocenters. The lowest BCUT2D eigenvalue weighted by Gasteiger charge is -2.28.